The maximum Gasteiger partial charge on any atom is 0.261 e. The van der Waals surface area contributed by atoms with E-state index >= 15 is 0 Å². The number of carbonyl (C=O) groups is 3. The third-order valence-electron chi connectivity index (χ3n) is 6.21. The minimum absolute atomic E-state index is 0.0663. The lowest BCUT2D eigenvalue weighted by molar-refractivity contribution is -0.136. The monoisotopic (exact) mass is 494 g/mol. The topological polar surface area (TPSA) is 66.9 Å². The Morgan fingerprint density at radius 1 is 0.941 bits per heavy atom. The number of hydrogen-bond acceptors (Lipinski definition) is 4. The zero-order valence-electron chi connectivity index (χ0n) is 18.0. The van der Waals surface area contributed by atoms with Gasteiger partial charge in [0.15, 0.2) is 6.61 Å². The van der Waals surface area contributed by atoms with Crippen molar-refractivity contribution in [3.8, 4) is 5.75 Å². The molecule has 0 radical (unpaired) electrons. The van der Waals surface area contributed by atoms with Crippen LogP contribution in [0.1, 0.15) is 37.9 Å². The number of benzene rings is 3. The molecular formula is C26H20Cl2N2O4. The highest BCUT2D eigenvalue weighted by Gasteiger charge is 2.40. The fraction of sp³-hybridized carbons (Fsp3) is 0.192. The molecule has 0 fully saturated rings. The van der Waals surface area contributed by atoms with Crippen LogP contribution in [-0.2, 0) is 11.2 Å². The zero-order chi connectivity index (χ0) is 23.8. The summed E-state index contributed by atoms with van der Waals surface area (Å²) >= 11 is 12.1. The van der Waals surface area contributed by atoms with Crippen molar-refractivity contribution < 1.29 is 19.1 Å². The average molecular weight is 495 g/mol. The van der Waals surface area contributed by atoms with Gasteiger partial charge in [-0.15, -0.1) is 0 Å². The van der Waals surface area contributed by atoms with E-state index < -0.39 is 6.04 Å². The molecule has 34 heavy (non-hydrogen) atoms. The number of hydrogen-bond donors (Lipinski definition) is 0. The number of amides is 3. The summed E-state index contributed by atoms with van der Waals surface area (Å²) in [5.74, 6) is -0.601. The van der Waals surface area contributed by atoms with Crippen molar-refractivity contribution in [2.24, 2.45) is 0 Å². The fourth-order valence-electron chi connectivity index (χ4n) is 4.54. The molecule has 0 bridgehead atoms. The second-order valence-corrected chi connectivity index (χ2v) is 9.03. The van der Waals surface area contributed by atoms with Crippen molar-refractivity contribution in [3.63, 3.8) is 0 Å². The standard InChI is InChI=1S/C26H20Cl2N2O4/c27-17-9-10-23(21(28)13-17)34-15-24(31)29-12-11-16-5-1-2-6-18(16)22(29)14-30-25(32)19-7-3-4-8-20(19)26(30)33/h1-10,13,22H,11-12,14-15H2/t22-/m1/s1. The highest BCUT2D eigenvalue weighted by Crippen LogP contribution is 2.34. The number of ether oxygens (including phenoxy) is 1. The molecule has 2 heterocycles. The van der Waals surface area contributed by atoms with E-state index in [1.807, 2.05) is 24.3 Å². The molecule has 0 saturated carbocycles. The van der Waals surface area contributed by atoms with Gasteiger partial charge in [0.2, 0.25) is 0 Å². The van der Waals surface area contributed by atoms with Crippen LogP contribution >= 0.6 is 23.2 Å². The fourth-order valence-corrected chi connectivity index (χ4v) is 5.00. The Morgan fingerprint density at radius 3 is 2.32 bits per heavy atom. The molecule has 0 aromatic heterocycles. The number of nitrogens with zero attached hydrogens (tertiary/aromatic N) is 2. The van der Waals surface area contributed by atoms with Crippen LogP contribution in [0.25, 0.3) is 0 Å². The second-order valence-electron chi connectivity index (χ2n) is 8.18. The Balaban J connectivity index is 1.40. The van der Waals surface area contributed by atoms with Crippen LogP contribution in [0.5, 0.6) is 5.75 Å². The molecule has 0 unspecified atom stereocenters. The van der Waals surface area contributed by atoms with E-state index in [2.05, 4.69) is 0 Å². The summed E-state index contributed by atoms with van der Waals surface area (Å²) in [4.78, 5) is 42.2. The van der Waals surface area contributed by atoms with Crippen molar-refractivity contribution in [3.05, 3.63) is 99.0 Å². The van der Waals surface area contributed by atoms with E-state index in [-0.39, 0.29) is 30.9 Å². The number of halogens is 2. The van der Waals surface area contributed by atoms with Crippen LogP contribution in [0.15, 0.2) is 66.7 Å². The zero-order valence-corrected chi connectivity index (χ0v) is 19.6. The Hall–Kier alpha value is -3.35. The smallest absolute Gasteiger partial charge is 0.261 e. The number of fused-ring (bicyclic) bond motifs is 2. The summed E-state index contributed by atoms with van der Waals surface area (Å²) in [6.45, 7) is 0.278. The van der Waals surface area contributed by atoms with Crippen LogP contribution in [0.3, 0.4) is 0 Å². The second kappa shape index (κ2) is 9.12. The number of imide groups is 1. The third-order valence-corrected chi connectivity index (χ3v) is 6.74. The molecule has 0 saturated heterocycles. The first-order valence-electron chi connectivity index (χ1n) is 10.8. The van der Waals surface area contributed by atoms with Crippen molar-refractivity contribution in [1.82, 2.24) is 9.80 Å². The normalized spacial score (nSPS) is 16.9. The lowest BCUT2D eigenvalue weighted by Gasteiger charge is -2.38. The number of rotatable bonds is 5. The first kappa shape index (κ1) is 22.4. The predicted molar refractivity (Wildman–Crippen MR) is 128 cm³/mol. The minimum atomic E-state index is -0.482. The molecule has 1 atom stereocenters. The van der Waals surface area contributed by atoms with E-state index in [1.54, 1.807) is 47.4 Å². The average Bonchev–Trinajstić information content (AvgIpc) is 3.08. The lowest BCUT2D eigenvalue weighted by atomic mass is 9.92. The molecule has 2 aliphatic rings. The summed E-state index contributed by atoms with van der Waals surface area (Å²) in [5.41, 5.74) is 2.78. The molecule has 5 rings (SSSR count). The summed E-state index contributed by atoms with van der Waals surface area (Å²) in [6, 6.07) is 18.9. The van der Waals surface area contributed by atoms with E-state index in [0.717, 1.165) is 11.1 Å². The molecule has 3 aromatic rings. The summed E-state index contributed by atoms with van der Waals surface area (Å²) < 4.78 is 5.68. The Bertz CT molecular complexity index is 1270. The quantitative estimate of drug-likeness (QED) is 0.478. The molecule has 6 nitrogen and oxygen atoms in total. The van der Waals surface area contributed by atoms with Crippen molar-refractivity contribution in [2.45, 2.75) is 12.5 Å². The summed E-state index contributed by atoms with van der Waals surface area (Å²) in [6.07, 6.45) is 0.669. The van der Waals surface area contributed by atoms with Crippen LogP contribution < -0.4 is 4.74 Å². The largest absolute Gasteiger partial charge is 0.482 e. The van der Waals surface area contributed by atoms with Gasteiger partial charge in [-0.25, -0.2) is 0 Å². The Morgan fingerprint density at radius 2 is 1.62 bits per heavy atom. The molecule has 8 heteroatoms. The van der Waals surface area contributed by atoms with Crippen molar-refractivity contribution in [2.75, 3.05) is 19.7 Å². The molecule has 0 N–H and O–H groups in total. The van der Waals surface area contributed by atoms with Crippen molar-refractivity contribution in [1.29, 1.82) is 0 Å². The molecule has 3 amide bonds. The summed E-state index contributed by atoms with van der Waals surface area (Å²) in [5, 5.41) is 0.782. The minimum Gasteiger partial charge on any atom is -0.482 e. The molecule has 172 valence electrons. The third kappa shape index (κ3) is 4.04. The van der Waals surface area contributed by atoms with Gasteiger partial charge in [0.25, 0.3) is 17.7 Å². The van der Waals surface area contributed by atoms with E-state index in [0.29, 0.717) is 39.9 Å². The predicted octanol–water partition coefficient (Wildman–Crippen LogP) is 4.79. The Kier molecular flexibility index (Phi) is 6.02. The van der Waals surface area contributed by atoms with Crippen LogP contribution in [0.4, 0.5) is 0 Å². The Labute approximate surface area is 206 Å². The van der Waals surface area contributed by atoms with Gasteiger partial charge in [0, 0.05) is 11.6 Å². The van der Waals surface area contributed by atoms with E-state index in [1.165, 1.54) is 4.90 Å². The van der Waals surface area contributed by atoms with Gasteiger partial charge in [-0.3, -0.25) is 19.3 Å². The highest BCUT2D eigenvalue weighted by atomic mass is 35.5. The molecular weight excluding hydrogens is 475 g/mol. The SMILES string of the molecule is O=C1c2ccccc2C(=O)N1C[C@@H]1c2ccccc2CCN1C(=O)COc1ccc(Cl)cc1Cl. The first-order chi connectivity index (χ1) is 16.4. The van der Waals surface area contributed by atoms with Crippen LogP contribution in [0.2, 0.25) is 10.0 Å². The van der Waals surface area contributed by atoms with E-state index in [4.69, 9.17) is 27.9 Å². The number of carbonyl (C=O) groups excluding carboxylic acids is 3. The van der Waals surface area contributed by atoms with E-state index in [9.17, 15) is 14.4 Å². The van der Waals surface area contributed by atoms with Gasteiger partial charge in [-0.2, -0.15) is 0 Å². The van der Waals surface area contributed by atoms with Gasteiger partial charge in [0.1, 0.15) is 5.75 Å². The first-order valence-corrected chi connectivity index (χ1v) is 11.6. The van der Waals surface area contributed by atoms with Gasteiger partial charge in [0.05, 0.1) is 28.7 Å². The maximum absolute atomic E-state index is 13.3. The summed E-state index contributed by atoms with van der Waals surface area (Å²) in [7, 11) is 0. The molecule has 3 aromatic carbocycles. The van der Waals surface area contributed by atoms with Gasteiger partial charge in [-0.1, -0.05) is 59.6 Å². The van der Waals surface area contributed by atoms with Crippen LogP contribution in [0, 0.1) is 0 Å². The van der Waals surface area contributed by atoms with Crippen LogP contribution in [-0.4, -0.2) is 47.2 Å². The lowest BCUT2D eigenvalue weighted by Crippen LogP contribution is -2.47. The highest BCUT2D eigenvalue weighted by molar-refractivity contribution is 6.35. The molecule has 2 aliphatic heterocycles. The van der Waals surface area contributed by atoms with Crippen molar-refractivity contribution >= 4 is 40.9 Å². The van der Waals surface area contributed by atoms with Gasteiger partial charge < -0.3 is 9.64 Å². The maximum atomic E-state index is 13.3. The molecule has 0 spiro atoms. The van der Waals surface area contributed by atoms with Gasteiger partial charge >= 0.3 is 0 Å². The van der Waals surface area contributed by atoms with Gasteiger partial charge in [-0.05, 0) is 47.9 Å². The molecule has 0 aliphatic carbocycles.